The zero-order chi connectivity index (χ0) is 17.7. The number of alkyl halides is 3. The smallest absolute Gasteiger partial charge is 0.348 e. The molecule has 0 atom stereocenters. The van der Waals surface area contributed by atoms with Crippen LogP contribution in [0.1, 0.15) is 24.0 Å². The van der Waals surface area contributed by atoms with Crippen molar-refractivity contribution in [3.8, 4) is 0 Å². The number of carbonyl (C=O) groups excluding carboxylic acids is 1. The standard InChI is InChI=1S/C17H24F3N3O/c1-22(2)16(24)12-23-9-7-14(8-10-23)21-11-13-5-3-4-6-15(13)17(18,19)20/h3-6,14,21H,7-12H2,1-2H3. The first-order valence-corrected chi connectivity index (χ1v) is 8.08. The van der Waals surface area contributed by atoms with Crippen LogP contribution in [0.15, 0.2) is 24.3 Å². The van der Waals surface area contributed by atoms with Crippen molar-refractivity contribution in [3.05, 3.63) is 35.4 Å². The Labute approximate surface area is 140 Å². The molecular formula is C17H24F3N3O. The molecule has 1 aliphatic rings. The van der Waals surface area contributed by atoms with Crippen molar-refractivity contribution >= 4 is 5.91 Å². The predicted octanol–water partition coefficient (Wildman–Crippen LogP) is 2.35. The summed E-state index contributed by atoms with van der Waals surface area (Å²) >= 11 is 0. The normalized spacial score (nSPS) is 17.0. The van der Waals surface area contributed by atoms with Crippen LogP contribution in [0.4, 0.5) is 13.2 Å². The molecule has 4 nitrogen and oxygen atoms in total. The molecule has 2 rings (SSSR count). The molecule has 1 amide bonds. The second-order valence-corrected chi connectivity index (χ2v) is 6.37. The van der Waals surface area contributed by atoms with Crippen molar-refractivity contribution < 1.29 is 18.0 Å². The van der Waals surface area contributed by atoms with E-state index < -0.39 is 11.7 Å². The number of nitrogens with one attached hydrogen (secondary N) is 1. The van der Waals surface area contributed by atoms with Crippen LogP contribution in [0.2, 0.25) is 0 Å². The number of likely N-dealkylation sites (tertiary alicyclic amines) is 1. The molecule has 1 aliphatic heterocycles. The third-order valence-electron chi connectivity index (χ3n) is 4.35. The Morgan fingerprint density at radius 1 is 1.25 bits per heavy atom. The van der Waals surface area contributed by atoms with E-state index in [1.807, 2.05) is 0 Å². The molecule has 1 aromatic carbocycles. The minimum Gasteiger partial charge on any atom is -0.348 e. The summed E-state index contributed by atoms with van der Waals surface area (Å²) in [5.74, 6) is 0.0699. The average Bonchev–Trinajstić information content (AvgIpc) is 2.53. The topological polar surface area (TPSA) is 35.6 Å². The molecular weight excluding hydrogens is 319 g/mol. The van der Waals surface area contributed by atoms with Crippen LogP contribution in [0.3, 0.4) is 0 Å². The summed E-state index contributed by atoms with van der Waals surface area (Å²) in [4.78, 5) is 15.4. The molecule has 1 aromatic rings. The Morgan fingerprint density at radius 2 is 1.88 bits per heavy atom. The van der Waals surface area contributed by atoms with Crippen LogP contribution < -0.4 is 5.32 Å². The van der Waals surface area contributed by atoms with E-state index in [1.165, 1.54) is 12.1 Å². The highest BCUT2D eigenvalue weighted by Gasteiger charge is 2.33. The number of halogens is 3. The number of hydrogen-bond acceptors (Lipinski definition) is 3. The summed E-state index contributed by atoms with van der Waals surface area (Å²) in [6.45, 7) is 2.16. The fourth-order valence-electron chi connectivity index (χ4n) is 2.83. The third-order valence-corrected chi connectivity index (χ3v) is 4.35. The molecule has 0 aliphatic carbocycles. The van der Waals surface area contributed by atoms with Crippen LogP contribution in [0, 0.1) is 0 Å². The number of hydrogen-bond donors (Lipinski definition) is 1. The van der Waals surface area contributed by atoms with Gasteiger partial charge in [-0.1, -0.05) is 18.2 Å². The highest BCUT2D eigenvalue weighted by molar-refractivity contribution is 5.77. The molecule has 7 heteroatoms. The molecule has 1 fully saturated rings. The molecule has 0 spiro atoms. The van der Waals surface area contributed by atoms with Gasteiger partial charge in [-0.15, -0.1) is 0 Å². The fraction of sp³-hybridized carbons (Fsp3) is 0.588. The molecule has 0 radical (unpaired) electrons. The average molecular weight is 343 g/mol. The summed E-state index contributed by atoms with van der Waals surface area (Å²) in [7, 11) is 3.46. The number of rotatable bonds is 5. The maximum Gasteiger partial charge on any atom is 0.416 e. The van der Waals surface area contributed by atoms with E-state index in [0.717, 1.165) is 32.0 Å². The van der Waals surface area contributed by atoms with E-state index in [4.69, 9.17) is 0 Å². The Morgan fingerprint density at radius 3 is 2.46 bits per heavy atom. The number of piperidine rings is 1. The van der Waals surface area contributed by atoms with E-state index in [2.05, 4.69) is 10.2 Å². The van der Waals surface area contributed by atoms with Gasteiger partial charge in [-0.2, -0.15) is 13.2 Å². The van der Waals surface area contributed by atoms with Gasteiger partial charge >= 0.3 is 6.18 Å². The highest BCUT2D eigenvalue weighted by atomic mass is 19.4. The van der Waals surface area contributed by atoms with Gasteiger partial charge in [0.2, 0.25) is 5.91 Å². The molecule has 1 saturated heterocycles. The fourth-order valence-corrected chi connectivity index (χ4v) is 2.83. The van der Waals surface area contributed by atoms with Gasteiger partial charge in [-0.3, -0.25) is 9.69 Å². The summed E-state index contributed by atoms with van der Waals surface area (Å²) in [6, 6.07) is 5.85. The van der Waals surface area contributed by atoms with Crippen LogP contribution in [-0.2, 0) is 17.5 Å². The van der Waals surface area contributed by atoms with Crippen LogP contribution in [0.5, 0.6) is 0 Å². The van der Waals surface area contributed by atoms with Gasteiger partial charge in [0.25, 0.3) is 0 Å². The number of likely N-dealkylation sites (N-methyl/N-ethyl adjacent to an activating group) is 1. The highest BCUT2D eigenvalue weighted by Crippen LogP contribution is 2.31. The van der Waals surface area contributed by atoms with Gasteiger partial charge in [0.05, 0.1) is 12.1 Å². The first-order valence-electron chi connectivity index (χ1n) is 8.08. The van der Waals surface area contributed by atoms with E-state index in [-0.39, 0.29) is 24.1 Å². The van der Waals surface area contributed by atoms with Crippen molar-refractivity contribution in [2.75, 3.05) is 33.7 Å². The second-order valence-electron chi connectivity index (χ2n) is 6.37. The minimum absolute atomic E-state index is 0.0699. The SMILES string of the molecule is CN(C)C(=O)CN1CCC(NCc2ccccc2C(F)(F)F)CC1. The third kappa shape index (κ3) is 5.21. The Bertz CT molecular complexity index is 552. The van der Waals surface area contributed by atoms with Crippen LogP contribution >= 0.6 is 0 Å². The molecule has 1 heterocycles. The summed E-state index contributed by atoms with van der Waals surface area (Å²) in [6.07, 6.45) is -2.67. The maximum absolute atomic E-state index is 13.0. The zero-order valence-electron chi connectivity index (χ0n) is 14.1. The van der Waals surface area contributed by atoms with Gasteiger partial charge in [0, 0.05) is 39.8 Å². The van der Waals surface area contributed by atoms with Crippen molar-refractivity contribution in [1.29, 1.82) is 0 Å². The van der Waals surface area contributed by atoms with Gasteiger partial charge in [0.15, 0.2) is 0 Å². The number of carbonyl (C=O) groups is 1. The lowest BCUT2D eigenvalue weighted by Gasteiger charge is -2.32. The van der Waals surface area contributed by atoms with Crippen molar-refractivity contribution in [2.45, 2.75) is 31.6 Å². The molecule has 0 saturated carbocycles. The maximum atomic E-state index is 13.0. The lowest BCUT2D eigenvalue weighted by Crippen LogP contribution is -2.45. The van der Waals surface area contributed by atoms with Gasteiger partial charge in [0.1, 0.15) is 0 Å². The van der Waals surface area contributed by atoms with E-state index >= 15 is 0 Å². The molecule has 0 aromatic heterocycles. The first-order chi connectivity index (χ1) is 11.3. The Kier molecular flexibility index (Phi) is 6.23. The lowest BCUT2D eigenvalue weighted by molar-refractivity contribution is -0.138. The van der Waals surface area contributed by atoms with E-state index in [0.29, 0.717) is 6.54 Å². The number of nitrogens with zero attached hydrogens (tertiary/aromatic N) is 2. The zero-order valence-corrected chi connectivity index (χ0v) is 14.1. The summed E-state index contributed by atoms with van der Waals surface area (Å²) in [5, 5.41) is 3.23. The Balaban J connectivity index is 1.82. The summed E-state index contributed by atoms with van der Waals surface area (Å²) in [5.41, 5.74) is -0.304. The lowest BCUT2D eigenvalue weighted by atomic mass is 10.0. The van der Waals surface area contributed by atoms with Gasteiger partial charge in [-0.05, 0) is 24.5 Å². The summed E-state index contributed by atoms with van der Waals surface area (Å²) < 4.78 is 38.9. The van der Waals surface area contributed by atoms with Crippen LogP contribution in [0.25, 0.3) is 0 Å². The molecule has 0 bridgehead atoms. The van der Waals surface area contributed by atoms with E-state index in [9.17, 15) is 18.0 Å². The largest absolute Gasteiger partial charge is 0.416 e. The quantitative estimate of drug-likeness (QED) is 0.891. The first kappa shape index (κ1) is 18.7. The van der Waals surface area contributed by atoms with Crippen LogP contribution in [-0.4, -0.2) is 55.5 Å². The number of amides is 1. The Hall–Kier alpha value is -1.60. The molecule has 134 valence electrons. The van der Waals surface area contributed by atoms with Gasteiger partial charge < -0.3 is 10.2 Å². The minimum atomic E-state index is -4.33. The molecule has 24 heavy (non-hydrogen) atoms. The second kappa shape index (κ2) is 7.98. The predicted molar refractivity (Wildman–Crippen MR) is 86.4 cm³/mol. The van der Waals surface area contributed by atoms with E-state index in [1.54, 1.807) is 25.1 Å². The molecule has 1 N–H and O–H groups in total. The monoisotopic (exact) mass is 343 g/mol. The molecule has 0 unspecified atom stereocenters. The van der Waals surface area contributed by atoms with Crippen molar-refractivity contribution in [2.24, 2.45) is 0 Å². The van der Waals surface area contributed by atoms with Crippen molar-refractivity contribution in [1.82, 2.24) is 15.1 Å². The van der Waals surface area contributed by atoms with Gasteiger partial charge in [-0.25, -0.2) is 0 Å². The van der Waals surface area contributed by atoms with Crippen molar-refractivity contribution in [3.63, 3.8) is 0 Å². The number of benzene rings is 1.